The fraction of sp³-hybridized carbons (Fsp3) is 0.632. The maximum absolute atomic E-state index is 13.2. The van der Waals surface area contributed by atoms with Crippen LogP contribution in [0, 0.1) is 18.7 Å². The quantitative estimate of drug-likeness (QED) is 0.868. The number of piperidine rings is 1. The summed E-state index contributed by atoms with van der Waals surface area (Å²) in [4.78, 5) is 14.5. The standard InChI is InChI=1S/C19H28FN3O/c1-14-10-17(20)7-6-16(14)13-23-9-3-4-15(12-23)11-22-19(24)18-5-2-8-21-18/h6-7,10,15,18,21H,2-5,8-9,11-13H2,1H3,(H,22,24). The molecule has 4 nitrogen and oxygen atoms in total. The molecule has 2 atom stereocenters. The topological polar surface area (TPSA) is 44.4 Å². The molecule has 1 amide bonds. The maximum Gasteiger partial charge on any atom is 0.237 e. The van der Waals surface area contributed by atoms with Gasteiger partial charge in [0.1, 0.15) is 5.82 Å². The molecular weight excluding hydrogens is 305 g/mol. The Balaban J connectivity index is 1.48. The summed E-state index contributed by atoms with van der Waals surface area (Å²) in [5, 5.41) is 6.36. The molecule has 0 spiro atoms. The summed E-state index contributed by atoms with van der Waals surface area (Å²) in [5.41, 5.74) is 2.20. The molecule has 2 aliphatic heterocycles. The SMILES string of the molecule is Cc1cc(F)ccc1CN1CCCC(CNC(=O)C2CCCN2)C1. The molecule has 1 aromatic carbocycles. The summed E-state index contributed by atoms with van der Waals surface area (Å²) in [7, 11) is 0. The fourth-order valence-corrected chi connectivity index (χ4v) is 3.82. The normalized spacial score (nSPS) is 24.9. The Hall–Kier alpha value is -1.46. The van der Waals surface area contributed by atoms with Gasteiger partial charge in [-0.1, -0.05) is 6.07 Å². The summed E-state index contributed by atoms with van der Waals surface area (Å²) in [6.07, 6.45) is 4.36. The average molecular weight is 333 g/mol. The van der Waals surface area contributed by atoms with E-state index in [0.717, 1.165) is 64.0 Å². The van der Waals surface area contributed by atoms with Gasteiger partial charge in [0, 0.05) is 19.6 Å². The van der Waals surface area contributed by atoms with Crippen molar-refractivity contribution in [3.63, 3.8) is 0 Å². The van der Waals surface area contributed by atoms with Gasteiger partial charge in [0.25, 0.3) is 0 Å². The number of rotatable bonds is 5. The minimum atomic E-state index is -0.170. The number of aryl methyl sites for hydroxylation is 1. The van der Waals surface area contributed by atoms with E-state index in [1.54, 1.807) is 12.1 Å². The van der Waals surface area contributed by atoms with E-state index in [1.807, 2.05) is 13.0 Å². The van der Waals surface area contributed by atoms with Gasteiger partial charge in [-0.3, -0.25) is 9.69 Å². The lowest BCUT2D eigenvalue weighted by Gasteiger charge is -2.33. The Morgan fingerprint density at radius 3 is 3.00 bits per heavy atom. The van der Waals surface area contributed by atoms with E-state index in [0.29, 0.717) is 5.92 Å². The average Bonchev–Trinajstić information content (AvgIpc) is 3.10. The van der Waals surface area contributed by atoms with Gasteiger partial charge in [-0.05, 0) is 74.9 Å². The van der Waals surface area contributed by atoms with Crippen LogP contribution in [0.15, 0.2) is 18.2 Å². The zero-order valence-corrected chi connectivity index (χ0v) is 14.5. The number of likely N-dealkylation sites (tertiary alicyclic amines) is 1. The van der Waals surface area contributed by atoms with Gasteiger partial charge in [-0.15, -0.1) is 0 Å². The van der Waals surface area contributed by atoms with Crippen LogP contribution in [0.5, 0.6) is 0 Å². The van der Waals surface area contributed by atoms with Gasteiger partial charge in [0.2, 0.25) is 5.91 Å². The molecule has 2 heterocycles. The number of benzene rings is 1. The number of hydrogen-bond donors (Lipinski definition) is 2. The smallest absolute Gasteiger partial charge is 0.237 e. The van der Waals surface area contributed by atoms with Gasteiger partial charge in [0.05, 0.1) is 6.04 Å². The number of nitrogens with one attached hydrogen (secondary N) is 2. The third-order valence-corrected chi connectivity index (χ3v) is 5.24. The van der Waals surface area contributed by atoms with Gasteiger partial charge < -0.3 is 10.6 Å². The number of carbonyl (C=O) groups excluding carboxylic acids is 1. The first-order valence-corrected chi connectivity index (χ1v) is 9.10. The molecule has 0 bridgehead atoms. The Kier molecular flexibility index (Phi) is 5.85. The molecule has 3 rings (SSSR count). The Bertz CT molecular complexity index is 572. The van der Waals surface area contributed by atoms with E-state index in [1.165, 1.54) is 5.56 Å². The monoisotopic (exact) mass is 333 g/mol. The molecule has 1 aromatic rings. The van der Waals surface area contributed by atoms with Crippen molar-refractivity contribution in [2.75, 3.05) is 26.2 Å². The van der Waals surface area contributed by atoms with Crippen LogP contribution >= 0.6 is 0 Å². The minimum absolute atomic E-state index is 0.00607. The van der Waals surface area contributed by atoms with Crippen LogP contribution in [0.1, 0.15) is 36.8 Å². The third kappa shape index (κ3) is 4.54. The molecule has 2 fully saturated rings. The highest BCUT2D eigenvalue weighted by atomic mass is 19.1. The molecule has 0 aromatic heterocycles. The highest BCUT2D eigenvalue weighted by Gasteiger charge is 2.24. The molecule has 5 heteroatoms. The van der Waals surface area contributed by atoms with Crippen LogP contribution in [0.3, 0.4) is 0 Å². The third-order valence-electron chi connectivity index (χ3n) is 5.24. The van der Waals surface area contributed by atoms with Crippen molar-refractivity contribution in [2.24, 2.45) is 5.92 Å². The molecular formula is C19H28FN3O. The molecule has 24 heavy (non-hydrogen) atoms. The van der Waals surface area contributed by atoms with Crippen molar-refractivity contribution in [2.45, 2.75) is 45.2 Å². The van der Waals surface area contributed by atoms with Crippen molar-refractivity contribution in [1.82, 2.24) is 15.5 Å². The lowest BCUT2D eigenvalue weighted by Crippen LogP contribution is -2.45. The van der Waals surface area contributed by atoms with Crippen molar-refractivity contribution < 1.29 is 9.18 Å². The summed E-state index contributed by atoms with van der Waals surface area (Å²) in [5.74, 6) is 0.486. The number of halogens is 1. The van der Waals surface area contributed by atoms with Crippen LogP contribution in [0.4, 0.5) is 4.39 Å². The fourth-order valence-electron chi connectivity index (χ4n) is 3.82. The van der Waals surface area contributed by atoms with E-state index in [-0.39, 0.29) is 17.8 Å². The first-order chi connectivity index (χ1) is 11.6. The van der Waals surface area contributed by atoms with E-state index in [2.05, 4.69) is 15.5 Å². The predicted molar refractivity (Wildman–Crippen MR) is 93.2 cm³/mol. The number of amides is 1. The molecule has 2 aliphatic rings. The Morgan fingerprint density at radius 1 is 1.38 bits per heavy atom. The first-order valence-electron chi connectivity index (χ1n) is 9.10. The largest absolute Gasteiger partial charge is 0.354 e. The van der Waals surface area contributed by atoms with Crippen LogP contribution in [-0.2, 0) is 11.3 Å². The number of hydrogen-bond acceptors (Lipinski definition) is 3. The van der Waals surface area contributed by atoms with Crippen LogP contribution in [0.25, 0.3) is 0 Å². The van der Waals surface area contributed by atoms with E-state index < -0.39 is 0 Å². The highest BCUT2D eigenvalue weighted by molar-refractivity contribution is 5.81. The van der Waals surface area contributed by atoms with E-state index >= 15 is 0 Å². The predicted octanol–water partition coefficient (Wildman–Crippen LogP) is 2.21. The molecule has 2 saturated heterocycles. The summed E-state index contributed by atoms with van der Waals surface area (Å²) >= 11 is 0. The van der Waals surface area contributed by atoms with E-state index in [4.69, 9.17) is 0 Å². The summed E-state index contributed by atoms with van der Waals surface area (Å²) < 4.78 is 13.2. The number of carbonyl (C=O) groups is 1. The molecule has 2 unspecified atom stereocenters. The zero-order valence-electron chi connectivity index (χ0n) is 14.5. The second-order valence-corrected chi connectivity index (χ2v) is 7.21. The van der Waals surface area contributed by atoms with Gasteiger partial charge in [-0.25, -0.2) is 4.39 Å². The molecule has 132 valence electrons. The maximum atomic E-state index is 13.2. The molecule has 0 radical (unpaired) electrons. The van der Waals surface area contributed by atoms with Crippen LogP contribution < -0.4 is 10.6 Å². The second kappa shape index (κ2) is 8.08. The van der Waals surface area contributed by atoms with Crippen LogP contribution in [-0.4, -0.2) is 43.0 Å². The summed E-state index contributed by atoms with van der Waals surface area (Å²) in [6, 6.07) is 5.04. The van der Waals surface area contributed by atoms with Gasteiger partial charge in [0.15, 0.2) is 0 Å². The lowest BCUT2D eigenvalue weighted by molar-refractivity contribution is -0.123. The van der Waals surface area contributed by atoms with Crippen molar-refractivity contribution in [3.05, 3.63) is 35.1 Å². The van der Waals surface area contributed by atoms with Gasteiger partial charge >= 0.3 is 0 Å². The van der Waals surface area contributed by atoms with E-state index in [9.17, 15) is 9.18 Å². The minimum Gasteiger partial charge on any atom is -0.354 e. The molecule has 0 saturated carbocycles. The Labute approximate surface area is 143 Å². The van der Waals surface area contributed by atoms with Crippen LogP contribution in [0.2, 0.25) is 0 Å². The van der Waals surface area contributed by atoms with Crippen molar-refractivity contribution >= 4 is 5.91 Å². The molecule has 2 N–H and O–H groups in total. The number of nitrogens with zero attached hydrogens (tertiary/aromatic N) is 1. The Morgan fingerprint density at radius 2 is 2.25 bits per heavy atom. The van der Waals surface area contributed by atoms with Gasteiger partial charge in [-0.2, -0.15) is 0 Å². The molecule has 0 aliphatic carbocycles. The second-order valence-electron chi connectivity index (χ2n) is 7.21. The van der Waals surface area contributed by atoms with Crippen molar-refractivity contribution in [1.29, 1.82) is 0 Å². The zero-order chi connectivity index (χ0) is 16.9. The first kappa shape index (κ1) is 17.4. The van der Waals surface area contributed by atoms with Crippen molar-refractivity contribution in [3.8, 4) is 0 Å². The lowest BCUT2D eigenvalue weighted by atomic mass is 9.97. The summed E-state index contributed by atoms with van der Waals surface area (Å²) in [6.45, 7) is 6.61. The highest BCUT2D eigenvalue weighted by Crippen LogP contribution is 2.20.